The van der Waals surface area contributed by atoms with Crippen LogP contribution in [0.15, 0.2) is 18.2 Å². The Morgan fingerprint density at radius 1 is 1.33 bits per heavy atom. The first kappa shape index (κ1) is 15.7. The van der Waals surface area contributed by atoms with Crippen molar-refractivity contribution in [1.82, 2.24) is 5.32 Å². The number of anilines is 1. The number of rotatable bonds is 4. The molecule has 0 radical (unpaired) electrons. The second-order valence-electron chi connectivity index (χ2n) is 5.23. The Kier molecular flexibility index (Phi) is 5.50. The molecule has 1 aliphatic heterocycles. The molecule has 1 saturated heterocycles. The maximum Gasteiger partial charge on any atom is 0.335 e. The number of amides is 2. The van der Waals surface area contributed by atoms with Gasteiger partial charge in [0.1, 0.15) is 0 Å². The molecule has 1 aromatic carbocycles. The van der Waals surface area contributed by atoms with Crippen LogP contribution in [-0.4, -0.2) is 35.2 Å². The summed E-state index contributed by atoms with van der Waals surface area (Å²) in [4.78, 5) is 22.8. The predicted octanol–water partition coefficient (Wildman–Crippen LogP) is 2.96. The van der Waals surface area contributed by atoms with Crippen molar-refractivity contribution >= 4 is 29.4 Å². The van der Waals surface area contributed by atoms with E-state index in [4.69, 9.17) is 5.11 Å². The molecule has 0 spiro atoms. The predicted molar refractivity (Wildman–Crippen MR) is 85.2 cm³/mol. The van der Waals surface area contributed by atoms with Crippen LogP contribution in [0.4, 0.5) is 10.5 Å². The summed E-state index contributed by atoms with van der Waals surface area (Å²) in [7, 11) is 0. The first-order chi connectivity index (χ1) is 10.1. The van der Waals surface area contributed by atoms with Gasteiger partial charge in [0.05, 0.1) is 5.56 Å². The number of thioether (sulfide) groups is 1. The van der Waals surface area contributed by atoms with Gasteiger partial charge in [-0.2, -0.15) is 11.8 Å². The summed E-state index contributed by atoms with van der Waals surface area (Å²) in [5.41, 5.74) is 1.49. The standard InChI is InChI=1S/C15H20N2O3S/c1-10-8-12(2-3-13(10)14(18)19)17-15(20)16-9-11-4-6-21-7-5-11/h2-3,8,11H,4-7,9H2,1H3,(H,18,19)(H2,16,17,20). The summed E-state index contributed by atoms with van der Waals surface area (Å²) in [5, 5.41) is 14.6. The van der Waals surface area contributed by atoms with Crippen LogP contribution in [0.5, 0.6) is 0 Å². The molecule has 1 heterocycles. The number of carbonyl (C=O) groups is 2. The smallest absolute Gasteiger partial charge is 0.335 e. The largest absolute Gasteiger partial charge is 0.478 e. The third-order valence-electron chi connectivity index (χ3n) is 3.61. The minimum absolute atomic E-state index is 0.240. The van der Waals surface area contributed by atoms with Crippen molar-refractivity contribution in [2.24, 2.45) is 5.92 Å². The fourth-order valence-corrected chi connectivity index (χ4v) is 3.55. The van der Waals surface area contributed by atoms with E-state index in [0.29, 0.717) is 23.7 Å². The second-order valence-corrected chi connectivity index (χ2v) is 6.45. The van der Waals surface area contributed by atoms with E-state index in [9.17, 15) is 9.59 Å². The topological polar surface area (TPSA) is 78.4 Å². The maximum atomic E-state index is 11.8. The lowest BCUT2D eigenvalue weighted by Gasteiger charge is -2.21. The first-order valence-corrected chi connectivity index (χ1v) is 8.18. The van der Waals surface area contributed by atoms with Gasteiger partial charge < -0.3 is 15.7 Å². The third-order valence-corrected chi connectivity index (χ3v) is 4.66. The molecule has 0 unspecified atom stereocenters. The van der Waals surface area contributed by atoms with E-state index in [1.54, 1.807) is 19.1 Å². The van der Waals surface area contributed by atoms with E-state index in [1.807, 2.05) is 11.8 Å². The molecule has 3 N–H and O–H groups in total. The Labute approximate surface area is 128 Å². The SMILES string of the molecule is Cc1cc(NC(=O)NCC2CCSCC2)ccc1C(=O)O. The quantitative estimate of drug-likeness (QED) is 0.799. The zero-order chi connectivity index (χ0) is 15.2. The van der Waals surface area contributed by atoms with Gasteiger partial charge in [-0.1, -0.05) is 0 Å². The summed E-state index contributed by atoms with van der Waals surface area (Å²) >= 11 is 1.96. The van der Waals surface area contributed by atoms with Crippen LogP contribution in [0.2, 0.25) is 0 Å². The van der Waals surface area contributed by atoms with Gasteiger partial charge in [-0.3, -0.25) is 0 Å². The molecule has 2 rings (SSSR count). The fraction of sp³-hybridized carbons (Fsp3) is 0.467. The first-order valence-electron chi connectivity index (χ1n) is 7.03. The highest BCUT2D eigenvalue weighted by molar-refractivity contribution is 7.99. The Bertz CT molecular complexity index is 528. The number of nitrogens with one attached hydrogen (secondary N) is 2. The van der Waals surface area contributed by atoms with Gasteiger partial charge in [0.25, 0.3) is 0 Å². The number of carboxylic acid groups (broad SMARTS) is 1. The highest BCUT2D eigenvalue weighted by Gasteiger charge is 2.14. The molecule has 114 valence electrons. The van der Waals surface area contributed by atoms with Gasteiger partial charge in [0, 0.05) is 12.2 Å². The average Bonchev–Trinajstić information content (AvgIpc) is 2.46. The van der Waals surface area contributed by atoms with Crippen molar-refractivity contribution in [2.45, 2.75) is 19.8 Å². The summed E-state index contributed by atoms with van der Waals surface area (Å²) in [6, 6.07) is 4.54. The summed E-state index contributed by atoms with van der Waals surface area (Å²) in [6.07, 6.45) is 2.30. The third kappa shape index (κ3) is 4.67. The van der Waals surface area contributed by atoms with E-state index in [2.05, 4.69) is 10.6 Å². The lowest BCUT2D eigenvalue weighted by atomic mass is 10.0. The van der Waals surface area contributed by atoms with Gasteiger partial charge in [0.15, 0.2) is 0 Å². The Balaban J connectivity index is 1.84. The average molecular weight is 308 g/mol. The molecule has 5 nitrogen and oxygen atoms in total. The van der Waals surface area contributed by atoms with Gasteiger partial charge in [-0.05, 0) is 61.0 Å². The fourth-order valence-electron chi connectivity index (χ4n) is 2.34. The van der Waals surface area contributed by atoms with Gasteiger partial charge in [-0.25, -0.2) is 9.59 Å². The molecule has 0 bridgehead atoms. The highest BCUT2D eigenvalue weighted by atomic mass is 32.2. The normalized spacial score (nSPS) is 15.5. The summed E-state index contributed by atoms with van der Waals surface area (Å²) in [6.45, 7) is 2.41. The van der Waals surface area contributed by atoms with Gasteiger partial charge in [-0.15, -0.1) is 0 Å². The van der Waals surface area contributed by atoms with Crippen molar-refractivity contribution in [3.05, 3.63) is 29.3 Å². The Morgan fingerprint density at radius 3 is 2.67 bits per heavy atom. The van der Waals surface area contributed by atoms with Crippen LogP contribution in [0.1, 0.15) is 28.8 Å². The molecule has 0 saturated carbocycles. The molecule has 6 heteroatoms. The van der Waals surface area contributed by atoms with Crippen molar-refractivity contribution in [2.75, 3.05) is 23.4 Å². The van der Waals surface area contributed by atoms with Crippen molar-refractivity contribution in [3.8, 4) is 0 Å². The zero-order valence-corrected chi connectivity index (χ0v) is 12.8. The molecule has 1 aliphatic rings. The number of hydrogen-bond donors (Lipinski definition) is 3. The number of hydrogen-bond acceptors (Lipinski definition) is 3. The van der Waals surface area contributed by atoms with Gasteiger partial charge in [0.2, 0.25) is 0 Å². The second kappa shape index (κ2) is 7.36. The van der Waals surface area contributed by atoms with Crippen LogP contribution in [-0.2, 0) is 0 Å². The minimum atomic E-state index is -0.960. The Hall–Kier alpha value is -1.69. The highest BCUT2D eigenvalue weighted by Crippen LogP contribution is 2.22. The van der Waals surface area contributed by atoms with Crippen LogP contribution >= 0.6 is 11.8 Å². The van der Waals surface area contributed by atoms with Crippen molar-refractivity contribution < 1.29 is 14.7 Å². The van der Waals surface area contributed by atoms with E-state index in [-0.39, 0.29) is 11.6 Å². The number of aryl methyl sites for hydroxylation is 1. The maximum absolute atomic E-state index is 11.8. The van der Waals surface area contributed by atoms with Crippen LogP contribution in [0, 0.1) is 12.8 Å². The lowest BCUT2D eigenvalue weighted by Crippen LogP contribution is -2.34. The molecular formula is C15H20N2O3S. The van der Waals surface area contributed by atoms with Crippen molar-refractivity contribution in [3.63, 3.8) is 0 Å². The molecule has 2 amide bonds. The number of carbonyl (C=O) groups excluding carboxylic acids is 1. The number of benzene rings is 1. The summed E-state index contributed by atoms with van der Waals surface area (Å²) in [5.74, 6) is 1.94. The molecule has 0 atom stereocenters. The lowest BCUT2D eigenvalue weighted by molar-refractivity contribution is 0.0696. The molecule has 1 fully saturated rings. The van der Waals surface area contributed by atoms with E-state index in [0.717, 1.165) is 12.8 Å². The van der Waals surface area contributed by atoms with E-state index >= 15 is 0 Å². The Morgan fingerprint density at radius 2 is 2.05 bits per heavy atom. The van der Waals surface area contributed by atoms with E-state index in [1.165, 1.54) is 17.6 Å². The molecule has 1 aromatic rings. The van der Waals surface area contributed by atoms with Crippen LogP contribution in [0.3, 0.4) is 0 Å². The number of aromatic carboxylic acids is 1. The monoisotopic (exact) mass is 308 g/mol. The van der Waals surface area contributed by atoms with E-state index < -0.39 is 5.97 Å². The van der Waals surface area contributed by atoms with Crippen LogP contribution < -0.4 is 10.6 Å². The molecule has 0 aliphatic carbocycles. The number of urea groups is 1. The minimum Gasteiger partial charge on any atom is -0.478 e. The summed E-state index contributed by atoms with van der Waals surface area (Å²) < 4.78 is 0. The molecular weight excluding hydrogens is 288 g/mol. The number of carboxylic acids is 1. The zero-order valence-electron chi connectivity index (χ0n) is 12.0. The van der Waals surface area contributed by atoms with Gasteiger partial charge >= 0.3 is 12.0 Å². The molecule has 0 aromatic heterocycles. The molecule has 21 heavy (non-hydrogen) atoms. The van der Waals surface area contributed by atoms with Crippen LogP contribution in [0.25, 0.3) is 0 Å². The van der Waals surface area contributed by atoms with Crippen molar-refractivity contribution in [1.29, 1.82) is 0 Å².